The Morgan fingerprint density at radius 1 is 1.09 bits per heavy atom. The second-order valence-electron chi connectivity index (χ2n) is 8.60. The van der Waals surface area contributed by atoms with E-state index in [0.29, 0.717) is 0 Å². The summed E-state index contributed by atoms with van der Waals surface area (Å²) < 4.78 is 10.2. The molecule has 5 heteroatoms. The van der Waals surface area contributed by atoms with Gasteiger partial charge in [0.2, 0.25) is 0 Å². The topological polar surface area (TPSA) is 50.7 Å². The molecule has 2 bridgehead atoms. The molecule has 0 unspecified atom stereocenters. The molecule has 3 rings (SSSR count). The van der Waals surface area contributed by atoms with Crippen molar-refractivity contribution in [3.63, 3.8) is 0 Å². The lowest BCUT2D eigenvalue weighted by molar-refractivity contribution is -0.0995. The lowest BCUT2D eigenvalue weighted by Crippen LogP contribution is -2.76. The van der Waals surface area contributed by atoms with Crippen LogP contribution in [0.4, 0.5) is 4.79 Å². The normalized spacial score (nSPS) is 29.5. The van der Waals surface area contributed by atoms with Crippen molar-refractivity contribution in [1.82, 2.24) is 5.32 Å². The summed E-state index contributed by atoms with van der Waals surface area (Å²) in [6, 6.07) is 0. The Labute approximate surface area is 146 Å². The van der Waals surface area contributed by atoms with Gasteiger partial charge in [-0.05, 0) is 79.7 Å². The number of amides is 1. The van der Waals surface area contributed by atoms with Crippen LogP contribution in [0.2, 0.25) is 0 Å². The molecule has 3 saturated carbocycles. The van der Waals surface area contributed by atoms with E-state index in [1.54, 1.807) is 11.9 Å². The number of hydrogen-bond acceptors (Lipinski definition) is 4. The Hall–Kier alpha value is -0.710. The Kier molecular flexibility index (Phi) is 5.88. The number of hydrogen-bond donors (Lipinski definition) is 1. The molecule has 3 aliphatic carbocycles. The van der Waals surface area contributed by atoms with Gasteiger partial charge in [-0.25, -0.2) is 9.19 Å². The van der Waals surface area contributed by atoms with Gasteiger partial charge >= 0.3 is 6.09 Å². The summed E-state index contributed by atoms with van der Waals surface area (Å²) in [5.74, 6) is 0. The van der Waals surface area contributed by atoms with Crippen LogP contribution < -0.4 is 5.32 Å². The number of alkyl carbamates (subject to hydrolysis) is 1. The molecule has 4 nitrogen and oxygen atoms in total. The van der Waals surface area contributed by atoms with Crippen molar-refractivity contribution in [2.24, 2.45) is 9.81 Å². The number of nitrogens with one attached hydrogen (secondary N) is 1. The van der Waals surface area contributed by atoms with Crippen LogP contribution in [0.5, 0.6) is 0 Å². The maximum atomic E-state index is 11.9. The van der Waals surface area contributed by atoms with Crippen LogP contribution in [-0.2, 0) is 4.74 Å². The van der Waals surface area contributed by atoms with E-state index in [4.69, 9.17) is 4.74 Å². The van der Waals surface area contributed by atoms with Gasteiger partial charge in [0.25, 0.3) is 0 Å². The molecule has 0 saturated heterocycles. The average molecular weight is 343 g/mol. The maximum Gasteiger partial charge on any atom is 0.408 e. The highest BCUT2D eigenvalue weighted by atomic mass is 32.2. The second kappa shape index (κ2) is 6.66. The van der Waals surface area contributed by atoms with Crippen molar-refractivity contribution < 1.29 is 9.53 Å². The summed E-state index contributed by atoms with van der Waals surface area (Å²) in [6.45, 7) is 18.3. The fraction of sp³-hybridized carbons (Fsp3) is 0.889. The third-order valence-corrected chi connectivity index (χ3v) is 4.93. The highest BCUT2D eigenvalue weighted by molar-refractivity contribution is 7.99. The fourth-order valence-corrected chi connectivity index (χ4v) is 3.73. The molecular weight excluding hydrogens is 308 g/mol. The number of carbonyl (C=O) groups is 1. The lowest BCUT2D eigenvalue weighted by Gasteiger charge is -2.70. The quantitative estimate of drug-likeness (QED) is 0.554. The van der Waals surface area contributed by atoms with Gasteiger partial charge in [-0.2, -0.15) is 0 Å². The lowest BCUT2D eigenvalue weighted by atomic mass is 9.38. The van der Waals surface area contributed by atoms with Crippen molar-refractivity contribution in [2.75, 3.05) is 0 Å². The Bertz CT molecular complexity index is 453. The van der Waals surface area contributed by atoms with E-state index in [2.05, 4.69) is 37.4 Å². The zero-order chi connectivity index (χ0) is 18.1. The third-order valence-electron chi connectivity index (χ3n) is 4.02. The van der Waals surface area contributed by atoms with E-state index in [1.807, 2.05) is 34.6 Å². The van der Waals surface area contributed by atoms with Gasteiger partial charge in [-0.15, -0.1) is 0 Å². The first-order chi connectivity index (χ1) is 10.4. The first-order valence-corrected chi connectivity index (χ1v) is 9.37. The summed E-state index contributed by atoms with van der Waals surface area (Å²) in [5.41, 5.74) is 0.973. The Balaban J connectivity index is 0.00000127. The predicted molar refractivity (Wildman–Crippen MR) is 100 cm³/mol. The van der Waals surface area contributed by atoms with E-state index >= 15 is 0 Å². The molecule has 0 aromatic heterocycles. The summed E-state index contributed by atoms with van der Waals surface area (Å²) in [5, 5.41) is 3.04. The molecule has 0 aromatic carbocycles. The standard InChI is InChI=1S/C16H28N2O2S.C2H6/c1-11(18-21-14(5,6)7)15-8-16(9-15,10-15)17-12(19)20-13(2,3)4;1-2/h8-10H2,1-7H3,(H,17,19);1-2H3/b18-11+;. The molecule has 0 spiro atoms. The van der Waals surface area contributed by atoms with Gasteiger partial charge in [0.05, 0.1) is 0 Å². The van der Waals surface area contributed by atoms with Crippen LogP contribution in [0.1, 0.15) is 81.6 Å². The van der Waals surface area contributed by atoms with E-state index in [-0.39, 0.29) is 21.8 Å². The van der Waals surface area contributed by atoms with Crippen LogP contribution in [0.3, 0.4) is 0 Å². The molecular formula is C18H34N2O2S. The minimum Gasteiger partial charge on any atom is -0.444 e. The highest BCUT2D eigenvalue weighted by Gasteiger charge is 2.70. The molecule has 0 aromatic rings. The smallest absolute Gasteiger partial charge is 0.408 e. The number of nitrogens with zero attached hydrogens (tertiary/aromatic N) is 1. The van der Waals surface area contributed by atoms with Crippen molar-refractivity contribution in [1.29, 1.82) is 0 Å². The van der Waals surface area contributed by atoms with Crippen molar-refractivity contribution in [3.8, 4) is 0 Å². The van der Waals surface area contributed by atoms with Crippen molar-refractivity contribution >= 4 is 23.8 Å². The maximum absolute atomic E-state index is 11.9. The van der Waals surface area contributed by atoms with Gasteiger partial charge in [0.15, 0.2) is 0 Å². The van der Waals surface area contributed by atoms with E-state index in [0.717, 1.165) is 19.3 Å². The summed E-state index contributed by atoms with van der Waals surface area (Å²) in [4.78, 5) is 11.9. The van der Waals surface area contributed by atoms with Crippen LogP contribution >= 0.6 is 11.9 Å². The molecule has 3 aliphatic rings. The largest absolute Gasteiger partial charge is 0.444 e. The first kappa shape index (κ1) is 20.3. The molecule has 1 N–H and O–H groups in total. The van der Waals surface area contributed by atoms with Gasteiger partial charge < -0.3 is 10.1 Å². The van der Waals surface area contributed by atoms with E-state index in [1.165, 1.54) is 5.71 Å². The van der Waals surface area contributed by atoms with Crippen molar-refractivity contribution in [3.05, 3.63) is 0 Å². The van der Waals surface area contributed by atoms with Crippen LogP contribution in [0.25, 0.3) is 0 Å². The monoisotopic (exact) mass is 342 g/mol. The summed E-state index contributed by atoms with van der Waals surface area (Å²) in [6.07, 6.45) is 2.70. The SMILES string of the molecule is C/C(=N\SC(C)(C)C)C12CC(NC(=O)OC(C)(C)C)(C1)C2.CC. The molecule has 0 radical (unpaired) electrons. The zero-order valence-electron chi connectivity index (χ0n) is 16.3. The Morgan fingerprint density at radius 2 is 1.57 bits per heavy atom. The molecule has 3 fully saturated rings. The van der Waals surface area contributed by atoms with Gasteiger partial charge in [0, 0.05) is 21.4 Å². The molecule has 0 heterocycles. The highest BCUT2D eigenvalue weighted by Crippen LogP contribution is 2.68. The second-order valence-corrected chi connectivity index (χ2v) is 10.2. The van der Waals surface area contributed by atoms with E-state index in [9.17, 15) is 4.79 Å². The van der Waals surface area contributed by atoms with Gasteiger partial charge in [0.1, 0.15) is 5.60 Å². The average Bonchev–Trinajstić information content (AvgIpc) is 2.28. The minimum atomic E-state index is -0.438. The number of carbonyl (C=O) groups excluding carboxylic acids is 1. The third kappa shape index (κ3) is 5.13. The first-order valence-electron chi connectivity index (χ1n) is 8.59. The fourth-order valence-electron chi connectivity index (χ4n) is 3.13. The predicted octanol–water partition coefficient (Wildman–Crippen LogP) is 5.37. The Morgan fingerprint density at radius 3 is 1.96 bits per heavy atom. The van der Waals surface area contributed by atoms with Crippen LogP contribution in [0.15, 0.2) is 4.40 Å². The molecule has 23 heavy (non-hydrogen) atoms. The van der Waals surface area contributed by atoms with E-state index < -0.39 is 5.60 Å². The molecule has 0 atom stereocenters. The zero-order valence-corrected chi connectivity index (χ0v) is 17.1. The number of rotatable bonds is 3. The summed E-state index contributed by atoms with van der Waals surface area (Å²) in [7, 11) is 0. The van der Waals surface area contributed by atoms with Gasteiger partial charge in [-0.1, -0.05) is 13.8 Å². The molecule has 1 amide bonds. The van der Waals surface area contributed by atoms with Crippen LogP contribution in [0, 0.1) is 5.41 Å². The van der Waals surface area contributed by atoms with Crippen molar-refractivity contribution in [2.45, 2.75) is 97.5 Å². The summed E-state index contributed by atoms with van der Waals surface area (Å²) >= 11 is 1.64. The van der Waals surface area contributed by atoms with Gasteiger partial charge in [-0.3, -0.25) is 0 Å². The minimum absolute atomic E-state index is 0.0362. The molecule has 134 valence electrons. The van der Waals surface area contributed by atoms with Crippen LogP contribution in [-0.4, -0.2) is 27.7 Å². The molecule has 0 aliphatic heterocycles. The number of ether oxygens (including phenoxy) is 1.